The minimum absolute atomic E-state index is 0.0463. The van der Waals surface area contributed by atoms with Crippen LogP contribution in [0.3, 0.4) is 0 Å². The van der Waals surface area contributed by atoms with Crippen LogP contribution < -0.4 is 5.32 Å². The summed E-state index contributed by atoms with van der Waals surface area (Å²) in [7, 11) is 0. The molecule has 0 fully saturated rings. The van der Waals surface area contributed by atoms with Crippen molar-refractivity contribution in [3.8, 4) is 11.3 Å². The van der Waals surface area contributed by atoms with Crippen molar-refractivity contribution < 1.29 is 9.32 Å². The third-order valence-corrected chi connectivity index (χ3v) is 4.07. The van der Waals surface area contributed by atoms with Gasteiger partial charge in [0.2, 0.25) is 0 Å². The SMILES string of the molecule is CC(C)(C)CC(NC(=O)c1conc1-c1ccccc1)c1cccnc1. The molecule has 26 heavy (non-hydrogen) atoms. The number of aromatic nitrogens is 2. The summed E-state index contributed by atoms with van der Waals surface area (Å²) in [5, 5.41) is 7.14. The summed E-state index contributed by atoms with van der Waals surface area (Å²) in [6.45, 7) is 6.45. The first-order chi connectivity index (χ1) is 12.4. The summed E-state index contributed by atoms with van der Waals surface area (Å²) in [6, 6.07) is 13.3. The van der Waals surface area contributed by atoms with E-state index in [4.69, 9.17) is 4.52 Å². The molecule has 0 saturated carbocycles. The number of nitrogens with one attached hydrogen (secondary N) is 1. The highest BCUT2D eigenvalue weighted by Crippen LogP contribution is 2.30. The topological polar surface area (TPSA) is 68.0 Å². The molecule has 0 aliphatic heterocycles. The number of pyridine rings is 1. The van der Waals surface area contributed by atoms with Gasteiger partial charge in [0.05, 0.1) is 6.04 Å². The minimum Gasteiger partial charge on any atom is -0.363 e. The van der Waals surface area contributed by atoms with Gasteiger partial charge in [-0.3, -0.25) is 9.78 Å². The summed E-state index contributed by atoms with van der Waals surface area (Å²) >= 11 is 0. The van der Waals surface area contributed by atoms with Gasteiger partial charge < -0.3 is 9.84 Å². The molecule has 0 spiro atoms. The van der Waals surface area contributed by atoms with Crippen LogP contribution in [0.5, 0.6) is 0 Å². The van der Waals surface area contributed by atoms with E-state index in [1.54, 1.807) is 12.4 Å². The molecule has 134 valence electrons. The second-order valence-electron chi connectivity index (χ2n) is 7.52. The second-order valence-corrected chi connectivity index (χ2v) is 7.52. The van der Waals surface area contributed by atoms with Crippen molar-refractivity contribution in [1.29, 1.82) is 0 Å². The van der Waals surface area contributed by atoms with Gasteiger partial charge >= 0.3 is 0 Å². The molecular formula is C21H23N3O2. The van der Waals surface area contributed by atoms with Crippen molar-refractivity contribution in [2.24, 2.45) is 5.41 Å². The Bertz CT molecular complexity index is 852. The lowest BCUT2D eigenvalue weighted by Crippen LogP contribution is -2.31. The van der Waals surface area contributed by atoms with E-state index in [1.165, 1.54) is 6.26 Å². The average molecular weight is 349 g/mol. The highest BCUT2D eigenvalue weighted by atomic mass is 16.5. The predicted molar refractivity (Wildman–Crippen MR) is 100 cm³/mol. The zero-order valence-corrected chi connectivity index (χ0v) is 15.3. The molecule has 0 bridgehead atoms. The number of hydrogen-bond donors (Lipinski definition) is 1. The first kappa shape index (κ1) is 17.9. The Kier molecular flexibility index (Phi) is 5.16. The Morgan fingerprint density at radius 3 is 2.58 bits per heavy atom. The van der Waals surface area contributed by atoms with Crippen LogP contribution in [0.2, 0.25) is 0 Å². The zero-order valence-electron chi connectivity index (χ0n) is 15.3. The second kappa shape index (κ2) is 7.52. The number of amides is 1. The van der Waals surface area contributed by atoms with E-state index < -0.39 is 0 Å². The monoisotopic (exact) mass is 349 g/mol. The van der Waals surface area contributed by atoms with Gasteiger partial charge in [-0.15, -0.1) is 0 Å². The molecule has 0 aliphatic carbocycles. The van der Waals surface area contributed by atoms with Crippen molar-refractivity contribution in [3.63, 3.8) is 0 Å². The van der Waals surface area contributed by atoms with Gasteiger partial charge in [0.15, 0.2) is 0 Å². The van der Waals surface area contributed by atoms with Crippen LogP contribution in [0.25, 0.3) is 11.3 Å². The van der Waals surface area contributed by atoms with Crippen LogP contribution in [0.4, 0.5) is 0 Å². The molecule has 1 atom stereocenters. The molecule has 0 saturated heterocycles. The molecule has 1 aromatic carbocycles. The summed E-state index contributed by atoms with van der Waals surface area (Å²) in [5.41, 5.74) is 2.85. The smallest absolute Gasteiger partial charge is 0.257 e. The fourth-order valence-corrected chi connectivity index (χ4v) is 2.88. The van der Waals surface area contributed by atoms with Crippen molar-refractivity contribution in [2.75, 3.05) is 0 Å². The summed E-state index contributed by atoms with van der Waals surface area (Å²) < 4.78 is 5.09. The third kappa shape index (κ3) is 4.36. The lowest BCUT2D eigenvalue weighted by molar-refractivity contribution is 0.0926. The Morgan fingerprint density at radius 2 is 1.92 bits per heavy atom. The largest absolute Gasteiger partial charge is 0.363 e. The van der Waals surface area contributed by atoms with Crippen LogP contribution in [-0.4, -0.2) is 16.0 Å². The molecule has 3 rings (SSSR count). The average Bonchev–Trinajstić information content (AvgIpc) is 3.11. The van der Waals surface area contributed by atoms with Crippen molar-refractivity contribution in [2.45, 2.75) is 33.2 Å². The molecule has 1 unspecified atom stereocenters. The number of hydrogen-bond acceptors (Lipinski definition) is 4. The number of carbonyl (C=O) groups excluding carboxylic acids is 1. The fraction of sp³-hybridized carbons (Fsp3) is 0.286. The van der Waals surface area contributed by atoms with E-state index in [0.29, 0.717) is 11.3 Å². The standard InChI is InChI=1S/C21H23N3O2/c1-21(2,3)12-18(16-10-7-11-22-13-16)23-20(25)17-14-26-24-19(17)15-8-5-4-6-9-15/h4-11,13-14,18H,12H2,1-3H3,(H,23,25). The van der Waals surface area contributed by atoms with E-state index in [0.717, 1.165) is 17.5 Å². The Morgan fingerprint density at radius 1 is 1.15 bits per heavy atom. The maximum atomic E-state index is 12.9. The van der Waals surface area contributed by atoms with E-state index in [1.807, 2.05) is 42.5 Å². The van der Waals surface area contributed by atoms with Gasteiger partial charge in [0.25, 0.3) is 5.91 Å². The molecule has 2 heterocycles. The van der Waals surface area contributed by atoms with Crippen LogP contribution in [0.15, 0.2) is 65.6 Å². The van der Waals surface area contributed by atoms with Crippen LogP contribution in [0.1, 0.15) is 49.2 Å². The number of carbonyl (C=O) groups is 1. The van der Waals surface area contributed by atoms with Crippen molar-refractivity contribution in [1.82, 2.24) is 15.5 Å². The molecule has 5 nitrogen and oxygen atoms in total. The number of benzene rings is 1. The van der Waals surface area contributed by atoms with Crippen molar-refractivity contribution in [3.05, 3.63) is 72.2 Å². The van der Waals surface area contributed by atoms with Gasteiger partial charge in [-0.1, -0.05) is 62.3 Å². The van der Waals surface area contributed by atoms with E-state index >= 15 is 0 Å². The minimum atomic E-state index is -0.205. The lowest BCUT2D eigenvalue weighted by atomic mass is 9.85. The Balaban J connectivity index is 1.86. The molecule has 1 N–H and O–H groups in total. The molecule has 5 heteroatoms. The van der Waals surface area contributed by atoms with Crippen LogP contribution in [0, 0.1) is 5.41 Å². The van der Waals surface area contributed by atoms with Crippen molar-refractivity contribution >= 4 is 5.91 Å². The third-order valence-electron chi connectivity index (χ3n) is 4.07. The van der Waals surface area contributed by atoms with Gasteiger partial charge in [-0.25, -0.2) is 0 Å². The van der Waals surface area contributed by atoms with Gasteiger partial charge in [-0.05, 0) is 23.5 Å². The van der Waals surface area contributed by atoms with E-state index in [2.05, 4.69) is 36.2 Å². The highest BCUT2D eigenvalue weighted by Gasteiger charge is 2.25. The lowest BCUT2D eigenvalue weighted by Gasteiger charge is -2.27. The number of rotatable bonds is 5. The first-order valence-corrected chi connectivity index (χ1v) is 8.64. The maximum absolute atomic E-state index is 12.9. The van der Waals surface area contributed by atoms with Gasteiger partial charge in [0.1, 0.15) is 17.5 Å². The molecule has 1 amide bonds. The maximum Gasteiger partial charge on any atom is 0.257 e. The summed E-state index contributed by atoms with van der Waals surface area (Å²) in [6.07, 6.45) is 5.71. The summed E-state index contributed by atoms with van der Waals surface area (Å²) in [4.78, 5) is 17.1. The van der Waals surface area contributed by atoms with Gasteiger partial charge in [0, 0.05) is 18.0 Å². The van der Waals surface area contributed by atoms with Gasteiger partial charge in [-0.2, -0.15) is 0 Å². The first-order valence-electron chi connectivity index (χ1n) is 8.64. The molecule has 3 aromatic rings. The van der Waals surface area contributed by atoms with E-state index in [9.17, 15) is 4.79 Å². The molecular weight excluding hydrogens is 326 g/mol. The molecule has 0 aliphatic rings. The Labute approximate surface area is 153 Å². The summed E-state index contributed by atoms with van der Waals surface area (Å²) in [5.74, 6) is -0.205. The molecule has 0 radical (unpaired) electrons. The number of nitrogens with zero attached hydrogens (tertiary/aromatic N) is 2. The van der Waals surface area contributed by atoms with Crippen LogP contribution in [-0.2, 0) is 0 Å². The highest BCUT2D eigenvalue weighted by molar-refractivity contribution is 5.99. The fourth-order valence-electron chi connectivity index (χ4n) is 2.88. The van der Waals surface area contributed by atoms with Crippen LogP contribution >= 0.6 is 0 Å². The predicted octanol–water partition coefficient (Wildman–Crippen LogP) is 4.64. The zero-order chi connectivity index (χ0) is 18.6. The van der Waals surface area contributed by atoms with E-state index in [-0.39, 0.29) is 17.4 Å². The Hall–Kier alpha value is -2.95. The quantitative estimate of drug-likeness (QED) is 0.728. The normalized spacial score (nSPS) is 12.6. The molecule has 2 aromatic heterocycles.